The van der Waals surface area contributed by atoms with Gasteiger partial charge < -0.3 is 4.90 Å². The van der Waals surface area contributed by atoms with Crippen LogP contribution in [0, 0.1) is 5.92 Å². The van der Waals surface area contributed by atoms with Crippen LogP contribution in [0.2, 0.25) is 0 Å². The van der Waals surface area contributed by atoms with E-state index in [-0.39, 0.29) is 0 Å². The summed E-state index contributed by atoms with van der Waals surface area (Å²) in [6.07, 6.45) is 6.19. The highest BCUT2D eigenvalue weighted by atomic mass is 16.1. The number of carbonyl (C=O) groups excluding carboxylic acids is 1. The molecule has 3 heteroatoms. The molecule has 1 heterocycles. The van der Waals surface area contributed by atoms with Crippen LogP contribution in [-0.4, -0.2) is 24.9 Å². The lowest BCUT2D eigenvalue weighted by molar-refractivity contribution is 0.112. The molecule has 0 spiro atoms. The van der Waals surface area contributed by atoms with E-state index in [0.29, 0.717) is 5.56 Å². The van der Waals surface area contributed by atoms with Crippen molar-refractivity contribution < 1.29 is 4.79 Å². The van der Waals surface area contributed by atoms with Crippen LogP contribution in [0.15, 0.2) is 30.3 Å². The summed E-state index contributed by atoms with van der Waals surface area (Å²) in [4.78, 5) is 18.2. The minimum absolute atomic E-state index is 0.684. The van der Waals surface area contributed by atoms with E-state index in [9.17, 15) is 4.79 Å². The number of carbonyl (C=O) groups is 1. The van der Waals surface area contributed by atoms with E-state index in [4.69, 9.17) is 0 Å². The number of pyridine rings is 1. The van der Waals surface area contributed by atoms with Gasteiger partial charge in [0.25, 0.3) is 0 Å². The first-order valence-corrected chi connectivity index (χ1v) is 7.34. The van der Waals surface area contributed by atoms with E-state index < -0.39 is 0 Å². The molecule has 3 rings (SSSR count). The zero-order valence-corrected chi connectivity index (χ0v) is 11.9. The quantitative estimate of drug-likeness (QED) is 0.793. The Balaban J connectivity index is 1.93. The molecule has 1 aromatic heterocycles. The fraction of sp³-hybridized carbons (Fsp3) is 0.412. The Hall–Kier alpha value is -1.90. The third kappa shape index (κ3) is 2.53. The zero-order valence-electron chi connectivity index (χ0n) is 11.9. The predicted octanol–water partition coefficient (Wildman–Crippen LogP) is 3.67. The normalized spacial score (nSPS) is 15.7. The third-order valence-corrected chi connectivity index (χ3v) is 4.23. The molecule has 1 aromatic carbocycles. The van der Waals surface area contributed by atoms with Crippen molar-refractivity contribution in [1.82, 2.24) is 4.98 Å². The summed E-state index contributed by atoms with van der Waals surface area (Å²) in [5.74, 6) is 1.55. The Morgan fingerprint density at radius 2 is 2.05 bits per heavy atom. The first-order valence-electron chi connectivity index (χ1n) is 7.34. The molecule has 0 saturated heterocycles. The van der Waals surface area contributed by atoms with Gasteiger partial charge in [0.05, 0.1) is 11.1 Å². The molecule has 2 aromatic rings. The Labute approximate surface area is 119 Å². The van der Waals surface area contributed by atoms with Gasteiger partial charge in [-0.2, -0.15) is 0 Å². The highest BCUT2D eigenvalue weighted by Crippen LogP contribution is 2.28. The van der Waals surface area contributed by atoms with E-state index in [2.05, 4.69) is 9.88 Å². The maximum Gasteiger partial charge on any atom is 0.153 e. The van der Waals surface area contributed by atoms with E-state index in [0.717, 1.165) is 35.5 Å². The average Bonchev–Trinajstić information content (AvgIpc) is 2.98. The number of nitrogens with zero attached hydrogens (tertiary/aromatic N) is 2. The molecule has 0 bridgehead atoms. The van der Waals surface area contributed by atoms with Crippen LogP contribution in [0.25, 0.3) is 10.9 Å². The number of aromatic nitrogens is 1. The summed E-state index contributed by atoms with van der Waals surface area (Å²) < 4.78 is 0. The smallest absolute Gasteiger partial charge is 0.153 e. The van der Waals surface area contributed by atoms with E-state index >= 15 is 0 Å². The Kier molecular flexibility index (Phi) is 3.68. The molecule has 1 saturated carbocycles. The molecule has 0 atom stereocenters. The van der Waals surface area contributed by atoms with E-state index in [1.165, 1.54) is 25.7 Å². The number of hydrogen-bond donors (Lipinski definition) is 0. The van der Waals surface area contributed by atoms with Gasteiger partial charge in [-0.3, -0.25) is 4.79 Å². The van der Waals surface area contributed by atoms with Crippen molar-refractivity contribution in [3.05, 3.63) is 35.9 Å². The SMILES string of the molecule is CN(CC1CCCC1)c1nc2ccccc2cc1C=O. The van der Waals surface area contributed by atoms with Crippen molar-refractivity contribution in [1.29, 1.82) is 0 Å². The van der Waals surface area contributed by atoms with Gasteiger partial charge in [0.2, 0.25) is 0 Å². The van der Waals surface area contributed by atoms with Gasteiger partial charge in [-0.15, -0.1) is 0 Å². The fourth-order valence-corrected chi connectivity index (χ4v) is 3.18. The number of para-hydroxylation sites is 1. The number of fused-ring (bicyclic) bond motifs is 1. The summed E-state index contributed by atoms with van der Waals surface area (Å²) >= 11 is 0. The third-order valence-electron chi connectivity index (χ3n) is 4.23. The summed E-state index contributed by atoms with van der Waals surface area (Å²) in [5.41, 5.74) is 1.63. The average molecular weight is 268 g/mol. The second-order valence-electron chi connectivity index (χ2n) is 5.74. The molecular weight excluding hydrogens is 248 g/mol. The van der Waals surface area contributed by atoms with Crippen LogP contribution in [0.5, 0.6) is 0 Å². The molecule has 0 aliphatic heterocycles. The molecule has 1 aliphatic rings. The number of benzene rings is 1. The molecule has 1 fully saturated rings. The van der Waals surface area contributed by atoms with Crippen molar-refractivity contribution in [3.63, 3.8) is 0 Å². The second kappa shape index (κ2) is 5.61. The number of aldehydes is 1. The molecule has 0 N–H and O–H groups in total. The minimum Gasteiger partial charge on any atom is -0.359 e. The van der Waals surface area contributed by atoms with Crippen LogP contribution >= 0.6 is 0 Å². The van der Waals surface area contributed by atoms with E-state index in [1.807, 2.05) is 37.4 Å². The highest BCUT2D eigenvalue weighted by molar-refractivity contribution is 5.91. The molecule has 0 amide bonds. The van der Waals surface area contributed by atoms with Crippen molar-refractivity contribution in [2.24, 2.45) is 5.92 Å². The Morgan fingerprint density at radius 3 is 2.80 bits per heavy atom. The zero-order chi connectivity index (χ0) is 13.9. The predicted molar refractivity (Wildman–Crippen MR) is 82.4 cm³/mol. The summed E-state index contributed by atoms with van der Waals surface area (Å²) in [6, 6.07) is 9.89. The topological polar surface area (TPSA) is 33.2 Å². The molecule has 0 radical (unpaired) electrons. The lowest BCUT2D eigenvalue weighted by Crippen LogP contribution is -2.26. The monoisotopic (exact) mass is 268 g/mol. The lowest BCUT2D eigenvalue weighted by atomic mass is 10.1. The molecule has 20 heavy (non-hydrogen) atoms. The largest absolute Gasteiger partial charge is 0.359 e. The molecule has 1 aliphatic carbocycles. The first kappa shape index (κ1) is 13.1. The van der Waals surface area contributed by atoms with Crippen LogP contribution in [0.1, 0.15) is 36.0 Å². The van der Waals surface area contributed by atoms with Crippen LogP contribution in [0.4, 0.5) is 5.82 Å². The number of anilines is 1. The molecule has 0 unspecified atom stereocenters. The van der Waals surface area contributed by atoms with Gasteiger partial charge in [-0.1, -0.05) is 31.0 Å². The minimum atomic E-state index is 0.684. The summed E-state index contributed by atoms with van der Waals surface area (Å²) in [5, 5.41) is 1.02. The molecular formula is C17H20N2O. The van der Waals surface area contributed by atoms with Crippen molar-refractivity contribution >= 4 is 23.0 Å². The Bertz CT molecular complexity index is 617. The van der Waals surface area contributed by atoms with Crippen molar-refractivity contribution in [2.75, 3.05) is 18.5 Å². The van der Waals surface area contributed by atoms with Gasteiger partial charge in [0.1, 0.15) is 5.82 Å². The second-order valence-corrected chi connectivity index (χ2v) is 5.74. The van der Waals surface area contributed by atoms with Crippen LogP contribution in [0.3, 0.4) is 0 Å². The van der Waals surface area contributed by atoms with Gasteiger partial charge in [0, 0.05) is 19.0 Å². The lowest BCUT2D eigenvalue weighted by Gasteiger charge is -2.23. The summed E-state index contributed by atoms with van der Waals surface area (Å²) in [7, 11) is 2.04. The highest BCUT2D eigenvalue weighted by Gasteiger charge is 2.19. The summed E-state index contributed by atoms with van der Waals surface area (Å²) in [6.45, 7) is 0.992. The van der Waals surface area contributed by atoms with Crippen LogP contribution < -0.4 is 4.90 Å². The first-order chi connectivity index (χ1) is 9.78. The number of hydrogen-bond acceptors (Lipinski definition) is 3. The maximum atomic E-state index is 11.3. The van der Waals surface area contributed by atoms with Gasteiger partial charge in [-0.05, 0) is 30.9 Å². The molecule has 3 nitrogen and oxygen atoms in total. The molecule has 104 valence electrons. The van der Waals surface area contributed by atoms with Gasteiger partial charge in [-0.25, -0.2) is 4.98 Å². The Morgan fingerprint density at radius 1 is 1.30 bits per heavy atom. The maximum absolute atomic E-state index is 11.3. The van der Waals surface area contributed by atoms with E-state index in [1.54, 1.807) is 0 Å². The van der Waals surface area contributed by atoms with Gasteiger partial charge >= 0.3 is 0 Å². The van der Waals surface area contributed by atoms with Crippen molar-refractivity contribution in [2.45, 2.75) is 25.7 Å². The van der Waals surface area contributed by atoms with Crippen LogP contribution in [-0.2, 0) is 0 Å². The standard InChI is InChI=1S/C17H20N2O/c1-19(11-13-6-2-3-7-13)17-15(12-20)10-14-8-4-5-9-16(14)18-17/h4-5,8-10,12-13H,2-3,6-7,11H2,1H3. The fourth-order valence-electron chi connectivity index (χ4n) is 3.18. The number of rotatable bonds is 4. The van der Waals surface area contributed by atoms with Crippen molar-refractivity contribution in [3.8, 4) is 0 Å². The van der Waals surface area contributed by atoms with Gasteiger partial charge in [0.15, 0.2) is 6.29 Å².